The number of benzene rings is 2. The minimum Gasteiger partial charge on any atom is -0.383 e. The van der Waals surface area contributed by atoms with Crippen LogP contribution in [0.15, 0.2) is 58.1 Å². The van der Waals surface area contributed by atoms with Gasteiger partial charge in [-0.25, -0.2) is 13.6 Å². The average Bonchev–Trinajstić information content (AvgIpc) is 2.80. The van der Waals surface area contributed by atoms with Crippen LogP contribution in [0.25, 0.3) is 0 Å². The fourth-order valence-electron chi connectivity index (χ4n) is 3.54. The first kappa shape index (κ1) is 24.7. The normalized spacial score (nSPS) is 10.8. The molecule has 34 heavy (non-hydrogen) atoms. The lowest BCUT2D eigenvalue weighted by atomic mass is 10.2. The zero-order valence-corrected chi connectivity index (χ0v) is 19.1. The Labute approximate surface area is 195 Å². The number of hydrogen-bond acceptors (Lipinski definition) is 5. The van der Waals surface area contributed by atoms with Gasteiger partial charge in [-0.1, -0.05) is 43.7 Å². The molecule has 3 rings (SSSR count). The molecule has 0 aliphatic carbocycles. The van der Waals surface area contributed by atoms with Gasteiger partial charge in [0, 0.05) is 25.3 Å². The lowest BCUT2D eigenvalue weighted by Crippen LogP contribution is -2.44. The van der Waals surface area contributed by atoms with Crippen LogP contribution in [-0.2, 0) is 17.9 Å². The van der Waals surface area contributed by atoms with Gasteiger partial charge in [-0.3, -0.25) is 24.0 Å². The summed E-state index contributed by atoms with van der Waals surface area (Å²) in [4.78, 5) is 43.5. The van der Waals surface area contributed by atoms with E-state index in [-0.39, 0.29) is 36.8 Å². The number of anilines is 3. The van der Waals surface area contributed by atoms with Crippen molar-refractivity contribution >= 4 is 23.1 Å². The molecule has 8 nitrogen and oxygen atoms in total. The van der Waals surface area contributed by atoms with Gasteiger partial charge >= 0.3 is 5.69 Å². The maximum Gasteiger partial charge on any atom is 0.330 e. The number of nitrogens with two attached hydrogens (primary N) is 1. The molecule has 0 aliphatic heterocycles. The first-order chi connectivity index (χ1) is 16.2. The van der Waals surface area contributed by atoms with Crippen LogP contribution in [0, 0.1) is 11.6 Å². The van der Waals surface area contributed by atoms with Gasteiger partial charge in [0.25, 0.3) is 5.56 Å². The summed E-state index contributed by atoms with van der Waals surface area (Å²) >= 11 is 0. The molecular weight excluding hydrogens is 444 g/mol. The van der Waals surface area contributed by atoms with Crippen molar-refractivity contribution in [3.63, 3.8) is 0 Å². The van der Waals surface area contributed by atoms with Crippen LogP contribution in [0.4, 0.5) is 26.0 Å². The fourth-order valence-corrected chi connectivity index (χ4v) is 3.54. The topological polar surface area (TPSA) is 104 Å². The Bertz CT molecular complexity index is 1270. The number of halogens is 2. The van der Waals surface area contributed by atoms with Gasteiger partial charge in [0.1, 0.15) is 5.82 Å². The zero-order chi connectivity index (χ0) is 24.8. The number of carbonyl (C=O) groups is 1. The maximum absolute atomic E-state index is 13.7. The third-order valence-corrected chi connectivity index (χ3v) is 5.42. The number of carbonyl (C=O) groups excluding carboxylic acids is 1. The van der Waals surface area contributed by atoms with E-state index in [9.17, 15) is 23.2 Å². The zero-order valence-electron chi connectivity index (χ0n) is 19.1. The van der Waals surface area contributed by atoms with Crippen molar-refractivity contribution in [2.24, 2.45) is 0 Å². The summed E-state index contributed by atoms with van der Waals surface area (Å²) in [5, 5.41) is 0. The molecule has 0 radical (unpaired) electrons. The Morgan fingerprint density at radius 1 is 1.09 bits per heavy atom. The SMILES string of the molecule is CCCCn1c(N)c(N(Cc2ccccc2)C(=O)CN(C)c2ccc(F)c(F)c2)c(=O)[nH]c1=O. The predicted molar refractivity (Wildman–Crippen MR) is 128 cm³/mol. The second kappa shape index (κ2) is 10.8. The lowest BCUT2D eigenvalue weighted by Gasteiger charge is -2.27. The van der Waals surface area contributed by atoms with E-state index in [4.69, 9.17) is 5.73 Å². The number of aromatic amines is 1. The Morgan fingerprint density at radius 3 is 2.44 bits per heavy atom. The number of unbranched alkanes of at least 4 members (excludes halogenated alkanes) is 1. The molecule has 1 amide bonds. The fraction of sp³-hybridized carbons (Fsp3) is 0.292. The number of rotatable bonds is 9. The number of nitrogens with zero attached hydrogens (tertiary/aromatic N) is 3. The van der Waals surface area contributed by atoms with E-state index < -0.39 is 28.8 Å². The number of nitrogen functional groups attached to an aromatic ring is 1. The van der Waals surface area contributed by atoms with Crippen LogP contribution >= 0.6 is 0 Å². The molecule has 0 aliphatic rings. The van der Waals surface area contributed by atoms with Crippen molar-refractivity contribution in [3.05, 3.63) is 86.6 Å². The molecule has 0 saturated heterocycles. The molecule has 1 aromatic heterocycles. The monoisotopic (exact) mass is 471 g/mol. The molecule has 10 heteroatoms. The van der Waals surface area contributed by atoms with Gasteiger partial charge in [-0.15, -0.1) is 0 Å². The Hall–Kier alpha value is -3.95. The first-order valence-corrected chi connectivity index (χ1v) is 10.9. The van der Waals surface area contributed by atoms with Crippen LogP contribution in [0.2, 0.25) is 0 Å². The molecule has 0 unspecified atom stereocenters. The molecule has 0 atom stereocenters. The summed E-state index contributed by atoms with van der Waals surface area (Å²) in [6.45, 7) is 2.00. The third-order valence-electron chi connectivity index (χ3n) is 5.42. The predicted octanol–water partition coefficient (Wildman–Crippen LogP) is 2.87. The van der Waals surface area contributed by atoms with Gasteiger partial charge < -0.3 is 10.6 Å². The molecule has 3 N–H and O–H groups in total. The van der Waals surface area contributed by atoms with E-state index in [1.54, 1.807) is 31.3 Å². The molecular formula is C24H27F2N5O3. The molecule has 0 fully saturated rings. The van der Waals surface area contributed by atoms with Crippen molar-refractivity contribution < 1.29 is 13.6 Å². The second-order valence-corrected chi connectivity index (χ2v) is 7.92. The van der Waals surface area contributed by atoms with Crippen LogP contribution in [0.3, 0.4) is 0 Å². The van der Waals surface area contributed by atoms with Gasteiger partial charge in [0.2, 0.25) is 5.91 Å². The van der Waals surface area contributed by atoms with E-state index in [1.807, 2.05) is 13.0 Å². The highest BCUT2D eigenvalue weighted by molar-refractivity contribution is 5.98. The summed E-state index contributed by atoms with van der Waals surface area (Å²) in [5.41, 5.74) is 5.69. The van der Waals surface area contributed by atoms with E-state index in [1.165, 1.54) is 20.4 Å². The number of amides is 1. The lowest BCUT2D eigenvalue weighted by molar-refractivity contribution is -0.117. The molecule has 0 bridgehead atoms. The minimum atomic E-state index is -1.04. The van der Waals surface area contributed by atoms with Crippen molar-refractivity contribution in [3.8, 4) is 0 Å². The standard InChI is InChI=1S/C24H27F2N5O3/c1-3-4-12-30-22(27)21(23(33)28-24(30)34)31(14-16-8-6-5-7-9-16)20(32)15-29(2)17-10-11-18(25)19(26)13-17/h5-11,13H,3-4,12,14-15,27H2,1-2H3,(H,28,33,34). The molecule has 0 spiro atoms. The number of hydrogen-bond donors (Lipinski definition) is 2. The highest BCUT2D eigenvalue weighted by atomic mass is 19.2. The van der Waals surface area contributed by atoms with Crippen LogP contribution in [-0.4, -0.2) is 29.1 Å². The van der Waals surface area contributed by atoms with Gasteiger partial charge in [0.05, 0.1) is 13.1 Å². The minimum absolute atomic E-state index is 0.0184. The van der Waals surface area contributed by atoms with E-state index in [0.29, 0.717) is 6.42 Å². The largest absolute Gasteiger partial charge is 0.383 e. The third kappa shape index (κ3) is 5.51. The average molecular weight is 472 g/mol. The van der Waals surface area contributed by atoms with Crippen molar-refractivity contribution in [1.82, 2.24) is 9.55 Å². The Morgan fingerprint density at radius 2 is 1.79 bits per heavy atom. The highest BCUT2D eigenvalue weighted by Gasteiger charge is 2.25. The van der Waals surface area contributed by atoms with Crippen LogP contribution in [0.5, 0.6) is 0 Å². The number of H-pyrrole nitrogens is 1. The summed E-state index contributed by atoms with van der Waals surface area (Å²) in [6, 6.07) is 12.3. The first-order valence-electron chi connectivity index (χ1n) is 10.9. The summed E-state index contributed by atoms with van der Waals surface area (Å²) in [7, 11) is 1.54. The van der Waals surface area contributed by atoms with E-state index in [0.717, 1.165) is 24.1 Å². The molecule has 1 heterocycles. The smallest absolute Gasteiger partial charge is 0.330 e. The van der Waals surface area contributed by atoms with Gasteiger partial charge in [-0.2, -0.15) is 0 Å². The quantitative estimate of drug-likeness (QED) is 0.499. The van der Waals surface area contributed by atoms with Crippen LogP contribution < -0.4 is 26.8 Å². The Kier molecular flexibility index (Phi) is 7.83. The number of nitrogens with one attached hydrogen (secondary N) is 1. The summed E-state index contributed by atoms with van der Waals surface area (Å²) in [5.74, 6) is -2.67. The van der Waals surface area contributed by atoms with Crippen molar-refractivity contribution in [2.45, 2.75) is 32.9 Å². The molecule has 3 aromatic rings. The molecule has 2 aromatic carbocycles. The highest BCUT2D eigenvalue weighted by Crippen LogP contribution is 2.22. The van der Waals surface area contributed by atoms with E-state index >= 15 is 0 Å². The Balaban J connectivity index is 2.02. The van der Waals surface area contributed by atoms with Crippen molar-refractivity contribution in [1.29, 1.82) is 0 Å². The maximum atomic E-state index is 13.7. The second-order valence-electron chi connectivity index (χ2n) is 7.92. The van der Waals surface area contributed by atoms with Gasteiger partial charge in [-0.05, 0) is 24.1 Å². The number of likely N-dealkylation sites (N-methyl/N-ethyl adjacent to an activating group) is 1. The number of aromatic nitrogens is 2. The van der Waals surface area contributed by atoms with E-state index in [2.05, 4.69) is 4.98 Å². The van der Waals surface area contributed by atoms with Gasteiger partial charge in [0.15, 0.2) is 17.3 Å². The summed E-state index contributed by atoms with van der Waals surface area (Å²) in [6.07, 6.45) is 1.45. The molecule has 0 saturated carbocycles. The van der Waals surface area contributed by atoms with Crippen LogP contribution in [0.1, 0.15) is 25.3 Å². The molecule has 180 valence electrons. The summed E-state index contributed by atoms with van der Waals surface area (Å²) < 4.78 is 28.2. The van der Waals surface area contributed by atoms with Crippen molar-refractivity contribution in [2.75, 3.05) is 29.1 Å².